The molecular weight excluding hydrogens is 296 g/mol. The second-order valence-corrected chi connectivity index (χ2v) is 5.56. The predicted octanol–water partition coefficient (Wildman–Crippen LogP) is 4.24. The number of hydrogen-bond donors (Lipinski definition) is 0. The fourth-order valence-corrected chi connectivity index (χ4v) is 2.99. The van der Waals surface area contributed by atoms with Crippen molar-refractivity contribution >= 4 is 5.65 Å². The second-order valence-electron chi connectivity index (χ2n) is 5.56. The van der Waals surface area contributed by atoms with Gasteiger partial charge in [0.05, 0.1) is 17.0 Å². The van der Waals surface area contributed by atoms with Crippen molar-refractivity contribution in [2.75, 3.05) is 0 Å². The molecule has 0 aliphatic carbocycles. The third-order valence-corrected chi connectivity index (χ3v) is 4.05. The van der Waals surface area contributed by atoms with Gasteiger partial charge in [0.25, 0.3) is 0 Å². The predicted molar refractivity (Wildman–Crippen MR) is 93.3 cm³/mol. The van der Waals surface area contributed by atoms with E-state index in [1.165, 1.54) is 0 Å². The minimum absolute atomic E-state index is 0.510. The zero-order chi connectivity index (χ0) is 16.5. The van der Waals surface area contributed by atoms with E-state index in [4.69, 9.17) is 0 Å². The van der Waals surface area contributed by atoms with E-state index >= 15 is 0 Å². The number of nitrogens with zero attached hydrogens (tertiary/aromatic N) is 4. The maximum Gasteiger partial charge on any atom is 0.163 e. The molecule has 0 unspecified atom stereocenters. The van der Waals surface area contributed by atoms with Gasteiger partial charge in [0.1, 0.15) is 6.07 Å². The summed E-state index contributed by atoms with van der Waals surface area (Å²) in [6.45, 7) is 1.97. The normalized spacial score (nSPS) is 10.7. The van der Waals surface area contributed by atoms with Crippen LogP contribution in [-0.4, -0.2) is 14.6 Å². The maximum atomic E-state index is 9.50. The molecule has 24 heavy (non-hydrogen) atoms. The maximum absolute atomic E-state index is 9.50. The molecule has 4 rings (SSSR count). The van der Waals surface area contributed by atoms with Gasteiger partial charge in [-0.3, -0.25) is 0 Å². The number of aryl methyl sites for hydroxylation is 1. The topological polar surface area (TPSA) is 54.0 Å². The summed E-state index contributed by atoms with van der Waals surface area (Å²) in [5, 5.41) is 14.2. The second kappa shape index (κ2) is 5.64. The number of benzene rings is 2. The highest BCUT2D eigenvalue weighted by Gasteiger charge is 2.18. The van der Waals surface area contributed by atoms with Gasteiger partial charge in [0.15, 0.2) is 5.65 Å². The Hall–Kier alpha value is -3.45. The van der Waals surface area contributed by atoms with E-state index in [0.717, 1.165) is 33.7 Å². The van der Waals surface area contributed by atoms with Crippen LogP contribution in [0.1, 0.15) is 11.3 Å². The van der Waals surface area contributed by atoms with Crippen molar-refractivity contribution in [2.24, 2.45) is 0 Å². The molecule has 0 radical (unpaired) electrons. The number of fused-ring (bicyclic) bond motifs is 1. The molecule has 0 spiro atoms. The number of hydrogen-bond acceptors (Lipinski definition) is 3. The van der Waals surface area contributed by atoms with Crippen LogP contribution in [0, 0.1) is 18.3 Å². The quantitative estimate of drug-likeness (QED) is 0.556. The molecule has 0 aliphatic heterocycles. The highest BCUT2D eigenvalue weighted by atomic mass is 15.3. The zero-order valence-corrected chi connectivity index (χ0v) is 13.1. The van der Waals surface area contributed by atoms with Crippen molar-refractivity contribution in [1.29, 1.82) is 5.26 Å². The number of aromatic nitrogens is 3. The van der Waals surface area contributed by atoms with Gasteiger partial charge in [-0.1, -0.05) is 60.7 Å². The Kier molecular flexibility index (Phi) is 3.33. The molecule has 2 aromatic heterocycles. The highest BCUT2D eigenvalue weighted by molar-refractivity contribution is 5.82. The Morgan fingerprint density at radius 1 is 0.917 bits per heavy atom. The third-order valence-electron chi connectivity index (χ3n) is 4.05. The van der Waals surface area contributed by atoms with Gasteiger partial charge >= 0.3 is 0 Å². The van der Waals surface area contributed by atoms with Crippen molar-refractivity contribution < 1.29 is 0 Å². The molecule has 0 aliphatic rings. The molecule has 4 aromatic rings. The first kappa shape index (κ1) is 14.2. The van der Waals surface area contributed by atoms with Crippen LogP contribution in [0.5, 0.6) is 0 Å². The van der Waals surface area contributed by atoms with E-state index < -0.39 is 0 Å². The Morgan fingerprint density at radius 3 is 2.17 bits per heavy atom. The van der Waals surface area contributed by atoms with Gasteiger partial charge in [0.2, 0.25) is 0 Å². The van der Waals surface area contributed by atoms with E-state index in [1.807, 2.05) is 67.6 Å². The summed E-state index contributed by atoms with van der Waals surface area (Å²) >= 11 is 0. The van der Waals surface area contributed by atoms with Gasteiger partial charge in [-0.25, -0.2) is 9.50 Å². The molecule has 2 aromatic carbocycles. The van der Waals surface area contributed by atoms with Crippen molar-refractivity contribution in [3.63, 3.8) is 0 Å². The minimum atomic E-state index is 0.510. The van der Waals surface area contributed by atoms with Crippen LogP contribution in [0.2, 0.25) is 0 Å². The SMILES string of the molecule is Cc1nn2c(-c3ccccc3)c(C#N)cnc2c1-c1ccccc1. The Labute approximate surface area is 139 Å². The molecule has 0 saturated heterocycles. The smallest absolute Gasteiger partial charge is 0.163 e. The van der Waals surface area contributed by atoms with Gasteiger partial charge in [-0.2, -0.15) is 10.4 Å². The average Bonchev–Trinajstić information content (AvgIpc) is 2.98. The molecule has 2 heterocycles. The largest absolute Gasteiger partial charge is 0.235 e. The first-order valence-electron chi connectivity index (χ1n) is 7.69. The van der Waals surface area contributed by atoms with E-state index in [-0.39, 0.29) is 0 Å². The first-order chi connectivity index (χ1) is 11.8. The van der Waals surface area contributed by atoms with Crippen molar-refractivity contribution in [3.05, 3.63) is 78.1 Å². The molecule has 0 fully saturated rings. The van der Waals surface area contributed by atoms with E-state index in [9.17, 15) is 5.26 Å². The molecule has 0 atom stereocenters. The van der Waals surface area contributed by atoms with Crippen LogP contribution in [0.15, 0.2) is 66.9 Å². The summed E-state index contributed by atoms with van der Waals surface area (Å²) in [5.74, 6) is 0. The van der Waals surface area contributed by atoms with E-state index in [1.54, 1.807) is 10.7 Å². The van der Waals surface area contributed by atoms with Crippen LogP contribution in [0.25, 0.3) is 28.0 Å². The fraction of sp³-hybridized carbons (Fsp3) is 0.0500. The van der Waals surface area contributed by atoms with Gasteiger partial charge in [-0.05, 0) is 12.5 Å². The lowest BCUT2D eigenvalue weighted by atomic mass is 10.1. The Balaban J connectivity index is 2.08. The lowest BCUT2D eigenvalue weighted by molar-refractivity contribution is 0.921. The molecule has 0 N–H and O–H groups in total. The van der Waals surface area contributed by atoms with Gasteiger partial charge in [-0.15, -0.1) is 0 Å². The fourth-order valence-electron chi connectivity index (χ4n) is 2.99. The van der Waals surface area contributed by atoms with E-state index in [2.05, 4.69) is 16.2 Å². The average molecular weight is 310 g/mol. The molecule has 4 nitrogen and oxygen atoms in total. The standard InChI is InChI=1S/C20H14N4/c1-14-18(15-8-4-2-5-9-15)20-22-13-17(12-21)19(24(20)23-14)16-10-6-3-7-11-16/h2-11,13H,1H3. The zero-order valence-electron chi connectivity index (χ0n) is 13.1. The molecule has 114 valence electrons. The monoisotopic (exact) mass is 310 g/mol. The molecule has 0 bridgehead atoms. The first-order valence-corrected chi connectivity index (χ1v) is 7.69. The number of rotatable bonds is 2. The lowest BCUT2D eigenvalue weighted by Gasteiger charge is -2.07. The minimum Gasteiger partial charge on any atom is -0.235 e. The summed E-state index contributed by atoms with van der Waals surface area (Å²) in [6.07, 6.45) is 1.63. The lowest BCUT2D eigenvalue weighted by Crippen LogP contribution is -2.00. The van der Waals surface area contributed by atoms with Crippen LogP contribution in [-0.2, 0) is 0 Å². The summed E-state index contributed by atoms with van der Waals surface area (Å²) in [4.78, 5) is 4.51. The summed E-state index contributed by atoms with van der Waals surface area (Å²) in [6, 6.07) is 22.1. The third kappa shape index (κ3) is 2.15. The van der Waals surface area contributed by atoms with Crippen LogP contribution < -0.4 is 0 Å². The van der Waals surface area contributed by atoms with Crippen LogP contribution in [0.4, 0.5) is 0 Å². The summed E-state index contributed by atoms with van der Waals surface area (Å²) in [7, 11) is 0. The Morgan fingerprint density at radius 2 is 1.54 bits per heavy atom. The molecular formula is C20H14N4. The van der Waals surface area contributed by atoms with Gasteiger partial charge < -0.3 is 0 Å². The summed E-state index contributed by atoms with van der Waals surface area (Å²) in [5.41, 5.74) is 5.95. The summed E-state index contributed by atoms with van der Waals surface area (Å²) < 4.78 is 1.78. The van der Waals surface area contributed by atoms with Crippen molar-refractivity contribution in [3.8, 4) is 28.5 Å². The Bertz CT molecular complexity index is 1060. The van der Waals surface area contributed by atoms with Crippen LogP contribution >= 0.6 is 0 Å². The van der Waals surface area contributed by atoms with Crippen molar-refractivity contribution in [1.82, 2.24) is 14.6 Å². The molecule has 0 amide bonds. The van der Waals surface area contributed by atoms with E-state index in [0.29, 0.717) is 5.56 Å². The molecule has 4 heteroatoms. The van der Waals surface area contributed by atoms with Crippen molar-refractivity contribution in [2.45, 2.75) is 6.92 Å². The number of nitriles is 1. The van der Waals surface area contributed by atoms with Crippen LogP contribution in [0.3, 0.4) is 0 Å². The molecule has 0 saturated carbocycles. The van der Waals surface area contributed by atoms with Gasteiger partial charge in [0, 0.05) is 17.3 Å². The highest BCUT2D eigenvalue weighted by Crippen LogP contribution is 2.31.